The number of para-hydroxylation sites is 1. The van der Waals surface area contributed by atoms with Gasteiger partial charge in [0.1, 0.15) is 5.75 Å². The van der Waals surface area contributed by atoms with Crippen LogP contribution in [0.5, 0.6) is 5.75 Å². The Kier molecular flexibility index (Phi) is 8.67. The Balaban J connectivity index is 2.26. The van der Waals surface area contributed by atoms with E-state index in [1.54, 1.807) is 7.11 Å². The monoisotopic (exact) mass is 380 g/mol. The van der Waals surface area contributed by atoms with Crippen molar-refractivity contribution in [1.29, 1.82) is 0 Å². The van der Waals surface area contributed by atoms with Gasteiger partial charge in [-0.2, -0.15) is 0 Å². The van der Waals surface area contributed by atoms with Gasteiger partial charge in [0.15, 0.2) is 0 Å². The van der Waals surface area contributed by atoms with Crippen LogP contribution in [0.25, 0.3) is 0 Å². The van der Waals surface area contributed by atoms with Crippen LogP contribution in [-0.2, 0) is 14.8 Å². The van der Waals surface area contributed by atoms with E-state index in [1.165, 1.54) is 0 Å². The third-order valence-electron chi connectivity index (χ3n) is 2.30. The number of rotatable bonds is 9. The molecule has 102 valence electrons. The molecule has 0 bridgehead atoms. The van der Waals surface area contributed by atoms with E-state index < -0.39 is 0 Å². The Bertz CT molecular complexity index is 345. The van der Waals surface area contributed by atoms with Crippen molar-refractivity contribution in [1.82, 2.24) is 0 Å². The van der Waals surface area contributed by atoms with Gasteiger partial charge in [-0.25, -0.2) is 0 Å². The minimum atomic E-state index is 0.637. The summed E-state index contributed by atoms with van der Waals surface area (Å²) in [6, 6.07) is 6.03. The molecular formula is C13H18Br2O3. The van der Waals surface area contributed by atoms with E-state index in [2.05, 4.69) is 31.9 Å². The molecule has 0 aliphatic heterocycles. The maximum absolute atomic E-state index is 5.78. The quantitative estimate of drug-likeness (QED) is 0.481. The van der Waals surface area contributed by atoms with Gasteiger partial charge in [0.2, 0.25) is 0 Å². The van der Waals surface area contributed by atoms with Crippen molar-refractivity contribution in [2.24, 2.45) is 0 Å². The standard InChI is InChI=1S/C13H18Br2O3/c1-16-8-9-17-6-3-7-18-13-11(10-14)4-2-5-12(13)15/h2,4-5H,3,6-10H2,1H3. The lowest BCUT2D eigenvalue weighted by Gasteiger charge is -2.12. The number of ether oxygens (including phenoxy) is 3. The number of halogens is 2. The average molecular weight is 382 g/mol. The zero-order chi connectivity index (χ0) is 13.2. The molecule has 1 aromatic carbocycles. The lowest BCUT2D eigenvalue weighted by molar-refractivity contribution is 0.0643. The predicted octanol–water partition coefficient (Wildman–Crippen LogP) is 3.78. The molecule has 0 saturated carbocycles. The van der Waals surface area contributed by atoms with E-state index >= 15 is 0 Å². The normalized spacial score (nSPS) is 10.6. The van der Waals surface area contributed by atoms with Crippen LogP contribution in [0.1, 0.15) is 12.0 Å². The molecule has 0 atom stereocenters. The summed E-state index contributed by atoms with van der Waals surface area (Å²) in [6.45, 7) is 2.62. The number of benzene rings is 1. The fraction of sp³-hybridized carbons (Fsp3) is 0.538. The molecule has 0 spiro atoms. The van der Waals surface area contributed by atoms with Gasteiger partial charge >= 0.3 is 0 Å². The number of hydrogen-bond acceptors (Lipinski definition) is 3. The van der Waals surface area contributed by atoms with Gasteiger partial charge in [-0.3, -0.25) is 0 Å². The molecule has 0 amide bonds. The van der Waals surface area contributed by atoms with E-state index in [1.807, 2.05) is 18.2 Å². The summed E-state index contributed by atoms with van der Waals surface area (Å²) in [6.07, 6.45) is 0.868. The third kappa shape index (κ3) is 5.69. The van der Waals surface area contributed by atoms with E-state index in [9.17, 15) is 0 Å². The highest BCUT2D eigenvalue weighted by Crippen LogP contribution is 2.30. The molecule has 0 aliphatic carbocycles. The van der Waals surface area contributed by atoms with E-state index in [0.717, 1.165) is 27.5 Å². The molecule has 3 nitrogen and oxygen atoms in total. The Morgan fingerprint density at radius 1 is 1.11 bits per heavy atom. The molecule has 0 radical (unpaired) electrons. The summed E-state index contributed by atoms with van der Waals surface area (Å²) in [5.74, 6) is 0.909. The van der Waals surface area contributed by atoms with Gasteiger partial charge in [0, 0.05) is 31.0 Å². The van der Waals surface area contributed by atoms with Crippen molar-refractivity contribution >= 4 is 31.9 Å². The summed E-state index contributed by atoms with van der Waals surface area (Å²) < 4.78 is 17.0. The first-order chi connectivity index (χ1) is 8.79. The van der Waals surface area contributed by atoms with Crippen molar-refractivity contribution in [3.05, 3.63) is 28.2 Å². The molecule has 18 heavy (non-hydrogen) atoms. The van der Waals surface area contributed by atoms with Crippen LogP contribution in [0.2, 0.25) is 0 Å². The summed E-state index contributed by atoms with van der Waals surface area (Å²) in [7, 11) is 1.67. The van der Waals surface area contributed by atoms with Crippen molar-refractivity contribution in [2.45, 2.75) is 11.8 Å². The first kappa shape index (κ1) is 16.0. The predicted molar refractivity (Wildman–Crippen MR) is 79.6 cm³/mol. The highest BCUT2D eigenvalue weighted by Gasteiger charge is 2.06. The second-order valence-corrected chi connectivity index (χ2v) is 5.08. The van der Waals surface area contributed by atoms with Crippen LogP contribution in [0.3, 0.4) is 0 Å². The highest BCUT2D eigenvalue weighted by atomic mass is 79.9. The summed E-state index contributed by atoms with van der Waals surface area (Å²) in [5.41, 5.74) is 1.14. The van der Waals surface area contributed by atoms with Crippen molar-refractivity contribution < 1.29 is 14.2 Å². The lowest BCUT2D eigenvalue weighted by Crippen LogP contribution is -2.07. The van der Waals surface area contributed by atoms with Gasteiger partial charge in [-0.05, 0) is 22.0 Å². The first-order valence-corrected chi connectivity index (χ1v) is 7.74. The SMILES string of the molecule is COCCOCCCOc1c(Br)cccc1CBr. The van der Waals surface area contributed by atoms with Crippen LogP contribution < -0.4 is 4.74 Å². The van der Waals surface area contributed by atoms with Crippen LogP contribution in [-0.4, -0.2) is 33.5 Å². The van der Waals surface area contributed by atoms with Gasteiger partial charge in [0.05, 0.1) is 24.3 Å². The van der Waals surface area contributed by atoms with Crippen molar-refractivity contribution in [3.63, 3.8) is 0 Å². The molecule has 5 heteroatoms. The Morgan fingerprint density at radius 3 is 2.67 bits per heavy atom. The fourth-order valence-corrected chi connectivity index (χ4v) is 2.36. The van der Waals surface area contributed by atoms with E-state index in [4.69, 9.17) is 14.2 Å². The molecule has 0 saturated heterocycles. The van der Waals surface area contributed by atoms with Crippen LogP contribution in [0, 0.1) is 0 Å². The number of alkyl halides is 1. The van der Waals surface area contributed by atoms with Gasteiger partial charge < -0.3 is 14.2 Å². The second kappa shape index (κ2) is 9.78. The number of hydrogen-bond donors (Lipinski definition) is 0. The van der Waals surface area contributed by atoms with Crippen molar-refractivity contribution in [3.8, 4) is 5.75 Å². The topological polar surface area (TPSA) is 27.7 Å². The molecule has 1 rings (SSSR count). The van der Waals surface area contributed by atoms with Crippen molar-refractivity contribution in [2.75, 3.05) is 33.5 Å². The molecular weight excluding hydrogens is 364 g/mol. The maximum Gasteiger partial charge on any atom is 0.137 e. The Hall–Kier alpha value is -0.100. The number of methoxy groups -OCH3 is 1. The zero-order valence-corrected chi connectivity index (χ0v) is 13.6. The molecule has 0 N–H and O–H groups in total. The largest absolute Gasteiger partial charge is 0.492 e. The minimum absolute atomic E-state index is 0.637. The zero-order valence-electron chi connectivity index (χ0n) is 10.5. The first-order valence-electron chi connectivity index (χ1n) is 5.82. The minimum Gasteiger partial charge on any atom is -0.492 e. The molecule has 0 heterocycles. The third-order valence-corrected chi connectivity index (χ3v) is 3.53. The summed E-state index contributed by atoms with van der Waals surface area (Å²) in [4.78, 5) is 0. The van der Waals surface area contributed by atoms with Crippen LogP contribution in [0.15, 0.2) is 22.7 Å². The van der Waals surface area contributed by atoms with E-state index in [0.29, 0.717) is 26.4 Å². The average Bonchev–Trinajstić information content (AvgIpc) is 2.39. The molecule has 0 aliphatic rings. The van der Waals surface area contributed by atoms with Gasteiger partial charge in [-0.15, -0.1) is 0 Å². The molecule has 0 aromatic heterocycles. The summed E-state index contributed by atoms with van der Waals surface area (Å²) in [5, 5.41) is 0.784. The van der Waals surface area contributed by atoms with E-state index in [-0.39, 0.29) is 0 Å². The molecule has 0 unspecified atom stereocenters. The van der Waals surface area contributed by atoms with Gasteiger partial charge in [-0.1, -0.05) is 28.1 Å². The fourth-order valence-electron chi connectivity index (χ4n) is 1.40. The lowest BCUT2D eigenvalue weighted by atomic mass is 10.2. The maximum atomic E-state index is 5.78. The Labute approximate surface area is 125 Å². The van der Waals surface area contributed by atoms with Gasteiger partial charge in [0.25, 0.3) is 0 Å². The summed E-state index contributed by atoms with van der Waals surface area (Å²) >= 11 is 6.95. The molecule has 1 aromatic rings. The highest BCUT2D eigenvalue weighted by molar-refractivity contribution is 9.10. The Morgan fingerprint density at radius 2 is 1.94 bits per heavy atom. The smallest absolute Gasteiger partial charge is 0.137 e. The van der Waals surface area contributed by atoms with Crippen LogP contribution in [0.4, 0.5) is 0 Å². The van der Waals surface area contributed by atoms with Crippen LogP contribution >= 0.6 is 31.9 Å². The second-order valence-electron chi connectivity index (χ2n) is 3.67. The molecule has 0 fully saturated rings.